The molecule has 1 saturated carbocycles. The lowest BCUT2D eigenvalue weighted by molar-refractivity contribution is -0.141. The van der Waals surface area contributed by atoms with Crippen LogP contribution < -0.4 is 0 Å². The molecular weight excluding hydrogens is 308 g/mol. The van der Waals surface area contributed by atoms with Crippen molar-refractivity contribution in [2.75, 3.05) is 26.2 Å². The molecule has 1 atom stereocenters. The Bertz CT molecular complexity index is 564. The zero-order chi connectivity index (χ0) is 15.9. The summed E-state index contributed by atoms with van der Waals surface area (Å²) in [7, 11) is -3.48. The number of rotatable bonds is 4. The minimum Gasteiger partial charge on any atom is -0.481 e. The molecule has 0 aromatic carbocycles. The Hall–Kier alpha value is -1.15. The third-order valence-electron chi connectivity index (χ3n) is 5.15. The number of carbonyl (C=O) groups is 2. The second kappa shape index (κ2) is 5.81. The van der Waals surface area contributed by atoms with Crippen molar-refractivity contribution in [3.63, 3.8) is 0 Å². The summed E-state index contributed by atoms with van der Waals surface area (Å²) in [6, 6.07) is 0. The van der Waals surface area contributed by atoms with Crippen LogP contribution in [0.3, 0.4) is 0 Å². The van der Waals surface area contributed by atoms with Gasteiger partial charge in [-0.05, 0) is 19.3 Å². The van der Waals surface area contributed by atoms with Crippen molar-refractivity contribution in [3.05, 3.63) is 0 Å². The summed E-state index contributed by atoms with van der Waals surface area (Å²) >= 11 is 0. The van der Waals surface area contributed by atoms with Crippen LogP contribution in [0, 0.1) is 11.8 Å². The summed E-state index contributed by atoms with van der Waals surface area (Å²) < 4.78 is 26.2. The minimum atomic E-state index is -3.48. The number of amides is 1. The molecule has 22 heavy (non-hydrogen) atoms. The van der Waals surface area contributed by atoms with Crippen molar-refractivity contribution in [2.45, 2.75) is 37.4 Å². The van der Waals surface area contributed by atoms with Crippen LogP contribution >= 0.6 is 0 Å². The van der Waals surface area contributed by atoms with Gasteiger partial charge in [0, 0.05) is 32.1 Å². The smallest absolute Gasteiger partial charge is 0.307 e. The average molecular weight is 330 g/mol. The van der Waals surface area contributed by atoms with Crippen LogP contribution in [-0.2, 0) is 19.6 Å². The second-order valence-electron chi connectivity index (χ2n) is 6.57. The van der Waals surface area contributed by atoms with E-state index in [0.29, 0.717) is 6.42 Å². The number of carboxylic acids is 1. The zero-order valence-corrected chi connectivity index (χ0v) is 13.3. The minimum absolute atomic E-state index is 0.0603. The molecule has 1 aliphatic carbocycles. The number of sulfonamides is 1. The first-order valence-corrected chi connectivity index (χ1v) is 9.40. The highest BCUT2D eigenvalue weighted by atomic mass is 32.2. The standard InChI is InChI=1S/C14H22N2O5S/c17-13(10-3-1-2-4-10)15-8-12(9-15)22(20,21)16-6-5-11(7-16)14(18)19/h10-12H,1-9H2,(H,18,19). The average Bonchev–Trinajstić information content (AvgIpc) is 3.08. The van der Waals surface area contributed by atoms with Crippen LogP contribution in [0.15, 0.2) is 0 Å². The molecule has 3 rings (SSSR count). The lowest BCUT2D eigenvalue weighted by Gasteiger charge is -2.41. The number of hydrogen-bond donors (Lipinski definition) is 1. The van der Waals surface area contributed by atoms with Gasteiger partial charge in [0.1, 0.15) is 5.25 Å². The second-order valence-corrected chi connectivity index (χ2v) is 8.79. The number of hydrogen-bond acceptors (Lipinski definition) is 4. The Labute approximate surface area is 130 Å². The highest BCUT2D eigenvalue weighted by Gasteiger charge is 2.46. The highest BCUT2D eigenvalue weighted by Crippen LogP contribution is 2.31. The van der Waals surface area contributed by atoms with Gasteiger partial charge in [-0.25, -0.2) is 12.7 Å². The van der Waals surface area contributed by atoms with Crippen molar-refractivity contribution in [1.82, 2.24) is 9.21 Å². The van der Waals surface area contributed by atoms with Crippen LogP contribution in [0.5, 0.6) is 0 Å². The molecule has 2 heterocycles. The first-order chi connectivity index (χ1) is 10.4. The van der Waals surface area contributed by atoms with E-state index in [2.05, 4.69) is 0 Å². The predicted octanol–water partition coefficient (Wildman–Crippen LogP) is 0.124. The van der Waals surface area contributed by atoms with Gasteiger partial charge < -0.3 is 10.0 Å². The molecular formula is C14H22N2O5S. The normalized spacial score (nSPS) is 28.0. The SMILES string of the molecule is O=C(O)C1CCN(S(=O)(=O)C2CN(C(=O)C3CCCC3)C2)C1. The Morgan fingerprint density at radius 3 is 2.14 bits per heavy atom. The fraction of sp³-hybridized carbons (Fsp3) is 0.857. The number of carboxylic acid groups (broad SMARTS) is 1. The summed E-state index contributed by atoms with van der Waals surface area (Å²) in [5.74, 6) is -1.38. The molecule has 1 unspecified atom stereocenters. The van der Waals surface area contributed by atoms with Crippen LogP contribution in [0.25, 0.3) is 0 Å². The van der Waals surface area contributed by atoms with Gasteiger partial charge in [0.05, 0.1) is 5.92 Å². The fourth-order valence-corrected chi connectivity index (χ4v) is 5.52. The quantitative estimate of drug-likeness (QED) is 0.790. The Balaban J connectivity index is 1.55. The molecule has 1 amide bonds. The maximum Gasteiger partial charge on any atom is 0.307 e. The van der Waals surface area contributed by atoms with Crippen molar-refractivity contribution >= 4 is 21.9 Å². The lowest BCUT2D eigenvalue weighted by atomic mass is 10.0. The van der Waals surface area contributed by atoms with E-state index in [1.54, 1.807) is 4.90 Å². The van der Waals surface area contributed by atoms with Crippen LogP contribution in [0.1, 0.15) is 32.1 Å². The number of nitrogens with zero attached hydrogens (tertiary/aromatic N) is 2. The van der Waals surface area contributed by atoms with Crippen LogP contribution in [0.4, 0.5) is 0 Å². The summed E-state index contributed by atoms with van der Waals surface area (Å²) in [5.41, 5.74) is 0. The van der Waals surface area contributed by atoms with Gasteiger partial charge in [0.15, 0.2) is 0 Å². The van der Waals surface area contributed by atoms with Crippen molar-refractivity contribution in [2.24, 2.45) is 11.8 Å². The van der Waals surface area contributed by atoms with E-state index in [-0.39, 0.29) is 38.0 Å². The monoisotopic (exact) mass is 330 g/mol. The zero-order valence-electron chi connectivity index (χ0n) is 12.5. The molecule has 8 heteroatoms. The third kappa shape index (κ3) is 2.74. The van der Waals surface area contributed by atoms with E-state index in [1.165, 1.54) is 4.31 Å². The van der Waals surface area contributed by atoms with Gasteiger partial charge in [0.25, 0.3) is 0 Å². The lowest BCUT2D eigenvalue weighted by Crippen LogP contribution is -2.60. The predicted molar refractivity (Wildman–Crippen MR) is 78.6 cm³/mol. The van der Waals surface area contributed by atoms with Crippen LogP contribution in [0.2, 0.25) is 0 Å². The molecule has 0 spiro atoms. The van der Waals surface area contributed by atoms with Gasteiger partial charge in [-0.1, -0.05) is 12.8 Å². The van der Waals surface area contributed by atoms with Crippen molar-refractivity contribution in [3.8, 4) is 0 Å². The maximum atomic E-state index is 12.5. The van der Waals surface area contributed by atoms with E-state index >= 15 is 0 Å². The molecule has 124 valence electrons. The first kappa shape index (κ1) is 15.7. The summed E-state index contributed by atoms with van der Waals surface area (Å²) in [4.78, 5) is 24.8. The number of likely N-dealkylation sites (tertiary alicyclic amines) is 1. The molecule has 3 aliphatic rings. The highest BCUT2D eigenvalue weighted by molar-refractivity contribution is 7.89. The van der Waals surface area contributed by atoms with Crippen molar-refractivity contribution < 1.29 is 23.1 Å². The molecule has 3 fully saturated rings. The largest absolute Gasteiger partial charge is 0.481 e. The van der Waals surface area contributed by atoms with Gasteiger partial charge in [-0.2, -0.15) is 0 Å². The van der Waals surface area contributed by atoms with Crippen LogP contribution in [-0.4, -0.2) is 66.0 Å². The molecule has 2 aliphatic heterocycles. The van der Waals surface area contributed by atoms with E-state index in [1.807, 2.05) is 0 Å². The van der Waals surface area contributed by atoms with E-state index in [9.17, 15) is 18.0 Å². The molecule has 0 radical (unpaired) electrons. The van der Waals surface area contributed by atoms with Gasteiger partial charge in [0.2, 0.25) is 15.9 Å². The van der Waals surface area contributed by atoms with E-state index in [4.69, 9.17) is 5.11 Å². The molecule has 0 bridgehead atoms. The Morgan fingerprint density at radius 1 is 0.955 bits per heavy atom. The van der Waals surface area contributed by atoms with Gasteiger partial charge in [-0.15, -0.1) is 0 Å². The van der Waals surface area contributed by atoms with Gasteiger partial charge >= 0.3 is 5.97 Å². The first-order valence-electron chi connectivity index (χ1n) is 7.90. The molecule has 0 aromatic heterocycles. The molecule has 2 saturated heterocycles. The number of aliphatic carboxylic acids is 1. The fourth-order valence-electron chi connectivity index (χ4n) is 3.61. The summed E-state index contributed by atoms with van der Waals surface area (Å²) in [5, 5.41) is 8.40. The third-order valence-corrected chi connectivity index (χ3v) is 7.34. The van der Waals surface area contributed by atoms with Gasteiger partial charge in [-0.3, -0.25) is 9.59 Å². The topological polar surface area (TPSA) is 95.0 Å². The number of carbonyl (C=O) groups excluding carboxylic acids is 1. The Kier molecular flexibility index (Phi) is 4.15. The maximum absolute atomic E-state index is 12.5. The molecule has 0 aromatic rings. The summed E-state index contributed by atoms with van der Waals surface area (Å²) in [6.07, 6.45) is 4.36. The summed E-state index contributed by atoms with van der Waals surface area (Å²) in [6.45, 7) is 0.842. The Morgan fingerprint density at radius 2 is 1.59 bits per heavy atom. The van der Waals surface area contributed by atoms with E-state index in [0.717, 1.165) is 25.7 Å². The molecule has 7 nitrogen and oxygen atoms in total. The molecule has 1 N–H and O–H groups in total. The van der Waals surface area contributed by atoms with E-state index < -0.39 is 27.2 Å². The van der Waals surface area contributed by atoms with Crippen molar-refractivity contribution in [1.29, 1.82) is 0 Å².